The molecule has 0 unspecified atom stereocenters. The van der Waals surface area contributed by atoms with Crippen molar-refractivity contribution in [2.24, 2.45) is 0 Å². The van der Waals surface area contributed by atoms with Gasteiger partial charge in [0.2, 0.25) is 0 Å². The maximum absolute atomic E-state index is 11.9. The van der Waals surface area contributed by atoms with Crippen LogP contribution in [0.1, 0.15) is 16.7 Å². The Labute approximate surface area is 133 Å². The molecule has 0 atom stereocenters. The number of benzene rings is 2. The molecule has 110 valence electrons. The summed E-state index contributed by atoms with van der Waals surface area (Å²) in [6, 6.07) is 11.7. The summed E-state index contributed by atoms with van der Waals surface area (Å²) < 4.78 is 6.40. The summed E-state index contributed by atoms with van der Waals surface area (Å²) in [6.07, 6.45) is 0. The van der Waals surface area contributed by atoms with E-state index in [1.807, 2.05) is 51.1 Å². The fourth-order valence-corrected chi connectivity index (χ4v) is 2.67. The molecule has 0 saturated heterocycles. The van der Waals surface area contributed by atoms with Gasteiger partial charge in [-0.3, -0.25) is 4.79 Å². The van der Waals surface area contributed by atoms with Crippen LogP contribution in [0.2, 0.25) is 0 Å². The van der Waals surface area contributed by atoms with Gasteiger partial charge in [0.1, 0.15) is 5.75 Å². The van der Waals surface area contributed by atoms with Crippen molar-refractivity contribution in [3.63, 3.8) is 0 Å². The lowest BCUT2D eigenvalue weighted by Crippen LogP contribution is -2.20. The third-order valence-corrected chi connectivity index (χ3v) is 3.62. The number of carbonyl (C=O) groups is 1. The fourth-order valence-electron chi connectivity index (χ4n) is 2.07. The predicted octanol–water partition coefficient (Wildman–Crippen LogP) is 4.39. The molecular formula is C17H18BrNO2. The van der Waals surface area contributed by atoms with E-state index in [0.29, 0.717) is 5.75 Å². The summed E-state index contributed by atoms with van der Waals surface area (Å²) in [5.74, 6) is 0.532. The van der Waals surface area contributed by atoms with E-state index in [-0.39, 0.29) is 12.5 Å². The van der Waals surface area contributed by atoms with Gasteiger partial charge in [0.05, 0.1) is 5.69 Å². The zero-order chi connectivity index (χ0) is 15.4. The second-order valence-electron chi connectivity index (χ2n) is 5.14. The minimum atomic E-state index is -0.182. The summed E-state index contributed by atoms with van der Waals surface area (Å²) in [5.41, 5.74) is 4.11. The number of aryl methyl sites for hydroxylation is 3. The predicted molar refractivity (Wildman–Crippen MR) is 88.9 cm³/mol. The van der Waals surface area contributed by atoms with Gasteiger partial charge in [-0.25, -0.2) is 0 Å². The molecule has 0 radical (unpaired) electrons. The van der Waals surface area contributed by atoms with Crippen molar-refractivity contribution in [3.8, 4) is 5.75 Å². The van der Waals surface area contributed by atoms with Gasteiger partial charge >= 0.3 is 0 Å². The van der Waals surface area contributed by atoms with E-state index in [9.17, 15) is 4.79 Å². The summed E-state index contributed by atoms with van der Waals surface area (Å²) in [6.45, 7) is 6.00. The second kappa shape index (κ2) is 6.76. The first-order valence-electron chi connectivity index (χ1n) is 6.71. The van der Waals surface area contributed by atoms with Crippen molar-refractivity contribution in [2.75, 3.05) is 11.9 Å². The number of nitrogens with one attached hydrogen (secondary N) is 1. The third-order valence-electron chi connectivity index (χ3n) is 2.96. The Morgan fingerprint density at radius 3 is 2.33 bits per heavy atom. The molecule has 0 saturated carbocycles. The van der Waals surface area contributed by atoms with Gasteiger partial charge in [0.15, 0.2) is 6.61 Å². The molecule has 1 amide bonds. The van der Waals surface area contributed by atoms with Crippen LogP contribution in [0.25, 0.3) is 0 Å². The maximum atomic E-state index is 11.9. The Balaban J connectivity index is 1.95. The molecule has 21 heavy (non-hydrogen) atoms. The average Bonchev–Trinajstić information content (AvgIpc) is 2.39. The Morgan fingerprint density at radius 2 is 1.71 bits per heavy atom. The smallest absolute Gasteiger partial charge is 0.262 e. The van der Waals surface area contributed by atoms with Crippen LogP contribution >= 0.6 is 15.9 Å². The molecule has 0 aliphatic carbocycles. The van der Waals surface area contributed by atoms with E-state index in [2.05, 4.69) is 27.3 Å². The lowest BCUT2D eigenvalue weighted by molar-refractivity contribution is -0.118. The van der Waals surface area contributed by atoms with Gasteiger partial charge in [-0.15, -0.1) is 0 Å². The molecule has 0 spiro atoms. The van der Waals surface area contributed by atoms with Crippen LogP contribution in [0.15, 0.2) is 40.9 Å². The summed E-state index contributed by atoms with van der Waals surface area (Å²) in [4.78, 5) is 11.9. The fraction of sp³-hybridized carbons (Fsp3) is 0.235. The SMILES string of the molecule is Cc1cc(C)cc(OCC(=O)Nc2ccc(C)cc2Br)c1. The molecule has 2 rings (SSSR count). The number of hydrogen-bond donors (Lipinski definition) is 1. The number of amides is 1. The van der Waals surface area contributed by atoms with Crippen molar-refractivity contribution in [1.82, 2.24) is 0 Å². The van der Waals surface area contributed by atoms with Crippen LogP contribution in [0.3, 0.4) is 0 Å². The van der Waals surface area contributed by atoms with E-state index in [0.717, 1.165) is 26.9 Å². The molecule has 0 heterocycles. The van der Waals surface area contributed by atoms with Crippen LogP contribution in [0.4, 0.5) is 5.69 Å². The topological polar surface area (TPSA) is 38.3 Å². The Kier molecular flexibility index (Phi) is 5.02. The number of rotatable bonds is 4. The lowest BCUT2D eigenvalue weighted by Gasteiger charge is -2.10. The molecular weight excluding hydrogens is 330 g/mol. The summed E-state index contributed by atoms with van der Waals surface area (Å²) >= 11 is 3.44. The van der Waals surface area contributed by atoms with Gasteiger partial charge in [-0.05, 0) is 77.7 Å². The standard InChI is InChI=1S/C17H18BrNO2/c1-11-4-5-16(15(18)9-11)19-17(20)10-21-14-7-12(2)6-13(3)8-14/h4-9H,10H2,1-3H3,(H,19,20). The maximum Gasteiger partial charge on any atom is 0.262 e. The highest BCUT2D eigenvalue weighted by molar-refractivity contribution is 9.10. The van der Waals surface area contributed by atoms with E-state index >= 15 is 0 Å². The minimum Gasteiger partial charge on any atom is -0.484 e. The van der Waals surface area contributed by atoms with E-state index in [1.54, 1.807) is 0 Å². The number of halogens is 1. The van der Waals surface area contributed by atoms with E-state index in [4.69, 9.17) is 4.74 Å². The molecule has 3 nitrogen and oxygen atoms in total. The van der Waals surface area contributed by atoms with Crippen LogP contribution in [-0.2, 0) is 4.79 Å². The third kappa shape index (κ3) is 4.60. The molecule has 2 aromatic carbocycles. The van der Waals surface area contributed by atoms with Gasteiger partial charge in [0.25, 0.3) is 5.91 Å². The highest BCUT2D eigenvalue weighted by atomic mass is 79.9. The van der Waals surface area contributed by atoms with Gasteiger partial charge < -0.3 is 10.1 Å². The van der Waals surface area contributed by atoms with Gasteiger partial charge in [-0.2, -0.15) is 0 Å². The Morgan fingerprint density at radius 1 is 1.05 bits per heavy atom. The minimum absolute atomic E-state index is 0.0107. The average molecular weight is 348 g/mol. The highest BCUT2D eigenvalue weighted by Crippen LogP contribution is 2.23. The quantitative estimate of drug-likeness (QED) is 0.890. The van der Waals surface area contributed by atoms with Crippen molar-refractivity contribution in [3.05, 3.63) is 57.6 Å². The van der Waals surface area contributed by atoms with Crippen LogP contribution in [0, 0.1) is 20.8 Å². The number of ether oxygens (including phenoxy) is 1. The largest absolute Gasteiger partial charge is 0.484 e. The second-order valence-corrected chi connectivity index (χ2v) is 6.00. The van der Waals surface area contributed by atoms with Crippen molar-refractivity contribution >= 4 is 27.5 Å². The molecule has 0 aromatic heterocycles. The number of anilines is 1. The molecule has 0 aliphatic heterocycles. The monoisotopic (exact) mass is 347 g/mol. The van der Waals surface area contributed by atoms with Crippen LogP contribution < -0.4 is 10.1 Å². The molecule has 0 bridgehead atoms. The molecule has 2 aromatic rings. The molecule has 1 N–H and O–H groups in total. The summed E-state index contributed by atoms with van der Waals surface area (Å²) in [7, 11) is 0. The Bertz CT molecular complexity index is 648. The molecule has 0 fully saturated rings. The van der Waals surface area contributed by atoms with Gasteiger partial charge in [0, 0.05) is 4.47 Å². The molecule has 4 heteroatoms. The number of carbonyl (C=O) groups excluding carboxylic acids is 1. The first-order valence-corrected chi connectivity index (χ1v) is 7.50. The van der Waals surface area contributed by atoms with Crippen molar-refractivity contribution < 1.29 is 9.53 Å². The van der Waals surface area contributed by atoms with Gasteiger partial charge in [-0.1, -0.05) is 12.1 Å². The van der Waals surface area contributed by atoms with E-state index in [1.165, 1.54) is 0 Å². The van der Waals surface area contributed by atoms with Crippen molar-refractivity contribution in [1.29, 1.82) is 0 Å². The first kappa shape index (κ1) is 15.6. The lowest BCUT2D eigenvalue weighted by atomic mass is 10.1. The number of hydrogen-bond acceptors (Lipinski definition) is 2. The van der Waals surface area contributed by atoms with E-state index < -0.39 is 0 Å². The zero-order valence-corrected chi connectivity index (χ0v) is 14.0. The first-order chi connectivity index (χ1) is 9.94. The van der Waals surface area contributed by atoms with Crippen LogP contribution in [-0.4, -0.2) is 12.5 Å². The highest BCUT2D eigenvalue weighted by Gasteiger charge is 2.07. The van der Waals surface area contributed by atoms with Crippen LogP contribution in [0.5, 0.6) is 5.75 Å². The normalized spacial score (nSPS) is 10.3. The summed E-state index contributed by atoms with van der Waals surface area (Å²) in [5, 5.41) is 2.83. The van der Waals surface area contributed by atoms with Crippen molar-refractivity contribution in [2.45, 2.75) is 20.8 Å². The Hall–Kier alpha value is -1.81. The molecule has 0 aliphatic rings. The zero-order valence-electron chi connectivity index (χ0n) is 12.4.